The van der Waals surface area contributed by atoms with Crippen LogP contribution in [-0.4, -0.2) is 12.5 Å². The second kappa shape index (κ2) is 7.49. The fraction of sp³-hybridized carbons (Fsp3) is 0.357. The molecule has 0 fully saturated rings. The molecule has 1 aromatic rings. The molecule has 1 amide bonds. The van der Waals surface area contributed by atoms with Crippen molar-refractivity contribution in [3.8, 4) is 5.75 Å². The highest BCUT2D eigenvalue weighted by molar-refractivity contribution is 5.98. The monoisotopic (exact) mass is 233 g/mol. The van der Waals surface area contributed by atoms with Gasteiger partial charge in [-0.05, 0) is 36.8 Å². The number of ether oxygens (including phenoxy) is 1. The summed E-state index contributed by atoms with van der Waals surface area (Å²) in [5, 5.41) is 2.68. The molecule has 0 aliphatic heterocycles. The molecular weight excluding hydrogens is 214 g/mol. The molecule has 0 bridgehead atoms. The van der Waals surface area contributed by atoms with Gasteiger partial charge in [0.05, 0.1) is 6.61 Å². The summed E-state index contributed by atoms with van der Waals surface area (Å²) >= 11 is 0. The topological polar surface area (TPSA) is 38.3 Å². The molecular formula is C14H19NO2. The van der Waals surface area contributed by atoms with Gasteiger partial charge < -0.3 is 10.1 Å². The van der Waals surface area contributed by atoms with Gasteiger partial charge in [-0.1, -0.05) is 26.3 Å². The number of amides is 1. The lowest BCUT2D eigenvalue weighted by Crippen LogP contribution is -2.07. The van der Waals surface area contributed by atoms with E-state index in [9.17, 15) is 4.79 Å². The van der Waals surface area contributed by atoms with Crippen LogP contribution in [0.1, 0.15) is 26.2 Å². The molecule has 0 radical (unpaired) electrons. The largest absolute Gasteiger partial charge is 0.494 e. The van der Waals surface area contributed by atoms with Crippen molar-refractivity contribution in [3.63, 3.8) is 0 Å². The Morgan fingerprint density at radius 2 is 2.06 bits per heavy atom. The van der Waals surface area contributed by atoms with Gasteiger partial charge in [-0.15, -0.1) is 0 Å². The third-order valence-corrected chi connectivity index (χ3v) is 2.32. The highest BCUT2D eigenvalue weighted by atomic mass is 16.5. The van der Waals surface area contributed by atoms with Gasteiger partial charge in [0.1, 0.15) is 5.75 Å². The van der Waals surface area contributed by atoms with Crippen molar-refractivity contribution >= 4 is 11.6 Å². The Hall–Kier alpha value is -1.77. The molecule has 3 heteroatoms. The Bertz CT molecular complexity index is 357. The molecule has 1 aromatic carbocycles. The minimum Gasteiger partial charge on any atom is -0.494 e. The molecule has 92 valence electrons. The van der Waals surface area contributed by atoms with Gasteiger partial charge in [0.15, 0.2) is 0 Å². The van der Waals surface area contributed by atoms with Gasteiger partial charge in [-0.3, -0.25) is 4.79 Å². The van der Waals surface area contributed by atoms with E-state index >= 15 is 0 Å². The first-order valence-electron chi connectivity index (χ1n) is 5.92. The lowest BCUT2D eigenvalue weighted by atomic mass is 10.2. The van der Waals surface area contributed by atoms with Crippen molar-refractivity contribution in [1.82, 2.24) is 0 Å². The number of carbonyl (C=O) groups excluding carboxylic acids is 1. The normalized spacial score (nSPS) is 9.71. The van der Waals surface area contributed by atoms with E-state index in [1.807, 2.05) is 24.3 Å². The summed E-state index contributed by atoms with van der Waals surface area (Å²) < 4.78 is 5.56. The minimum absolute atomic E-state index is 0.207. The van der Waals surface area contributed by atoms with Crippen molar-refractivity contribution in [2.24, 2.45) is 0 Å². The lowest BCUT2D eigenvalue weighted by molar-refractivity contribution is -0.111. The van der Waals surface area contributed by atoms with Crippen molar-refractivity contribution in [2.45, 2.75) is 26.2 Å². The van der Waals surface area contributed by atoms with E-state index < -0.39 is 0 Å². The lowest BCUT2D eigenvalue weighted by Gasteiger charge is -2.07. The summed E-state index contributed by atoms with van der Waals surface area (Å²) in [7, 11) is 0. The molecule has 0 aliphatic rings. The zero-order valence-corrected chi connectivity index (χ0v) is 10.2. The predicted octanol–water partition coefficient (Wildman–Crippen LogP) is 3.38. The maximum absolute atomic E-state index is 11.0. The van der Waals surface area contributed by atoms with Crippen LogP contribution in [0, 0.1) is 0 Å². The molecule has 3 nitrogen and oxygen atoms in total. The number of nitrogens with one attached hydrogen (secondary N) is 1. The summed E-state index contributed by atoms with van der Waals surface area (Å²) in [5.74, 6) is 0.624. The summed E-state index contributed by atoms with van der Waals surface area (Å²) in [5.41, 5.74) is 0.746. The third-order valence-electron chi connectivity index (χ3n) is 2.32. The Morgan fingerprint density at radius 1 is 1.35 bits per heavy atom. The van der Waals surface area contributed by atoms with E-state index in [0.29, 0.717) is 0 Å². The van der Waals surface area contributed by atoms with Crippen molar-refractivity contribution in [3.05, 3.63) is 36.9 Å². The highest BCUT2D eigenvalue weighted by Gasteiger charge is 1.98. The van der Waals surface area contributed by atoms with E-state index in [2.05, 4.69) is 18.8 Å². The molecule has 0 aliphatic carbocycles. The zero-order chi connectivity index (χ0) is 12.5. The van der Waals surface area contributed by atoms with Crippen LogP contribution < -0.4 is 10.1 Å². The zero-order valence-electron chi connectivity index (χ0n) is 10.2. The average molecular weight is 233 g/mol. The van der Waals surface area contributed by atoms with E-state index in [1.165, 1.54) is 18.9 Å². The molecule has 0 aromatic heterocycles. The van der Waals surface area contributed by atoms with Crippen molar-refractivity contribution in [2.75, 3.05) is 11.9 Å². The number of hydrogen-bond acceptors (Lipinski definition) is 2. The fourth-order valence-electron chi connectivity index (χ4n) is 1.37. The number of anilines is 1. The first kappa shape index (κ1) is 13.3. The van der Waals surface area contributed by atoms with E-state index in [4.69, 9.17) is 4.74 Å². The summed E-state index contributed by atoms with van der Waals surface area (Å²) in [6.07, 6.45) is 4.70. The molecule has 0 heterocycles. The van der Waals surface area contributed by atoms with Crippen LogP contribution in [0.25, 0.3) is 0 Å². The Morgan fingerprint density at radius 3 is 2.65 bits per heavy atom. The second-order valence-corrected chi connectivity index (χ2v) is 3.77. The van der Waals surface area contributed by atoms with Gasteiger partial charge in [-0.2, -0.15) is 0 Å². The first-order valence-corrected chi connectivity index (χ1v) is 5.92. The van der Waals surface area contributed by atoms with Crippen LogP contribution >= 0.6 is 0 Å². The van der Waals surface area contributed by atoms with Crippen LogP contribution in [0.4, 0.5) is 5.69 Å². The van der Waals surface area contributed by atoms with Gasteiger partial charge in [0, 0.05) is 5.69 Å². The number of carbonyl (C=O) groups is 1. The van der Waals surface area contributed by atoms with E-state index in [0.717, 1.165) is 24.5 Å². The second-order valence-electron chi connectivity index (χ2n) is 3.77. The SMILES string of the molecule is C=CC(=O)Nc1ccc(OCCCCC)cc1. The van der Waals surface area contributed by atoms with Gasteiger partial charge in [-0.25, -0.2) is 0 Å². The number of unbranched alkanes of at least 4 members (excludes halogenated alkanes) is 2. The maximum atomic E-state index is 11.0. The van der Waals surface area contributed by atoms with Gasteiger partial charge >= 0.3 is 0 Å². The Labute approximate surface area is 102 Å². The minimum atomic E-state index is -0.207. The van der Waals surface area contributed by atoms with Gasteiger partial charge in [0.2, 0.25) is 5.91 Å². The summed E-state index contributed by atoms with van der Waals surface area (Å²) in [6.45, 7) is 6.30. The Kier molecular flexibility index (Phi) is 5.86. The fourth-order valence-corrected chi connectivity index (χ4v) is 1.37. The van der Waals surface area contributed by atoms with Crippen LogP contribution in [-0.2, 0) is 4.79 Å². The summed E-state index contributed by atoms with van der Waals surface area (Å²) in [4.78, 5) is 11.0. The first-order chi connectivity index (χ1) is 8.26. The standard InChI is InChI=1S/C14H19NO2/c1-3-5-6-11-17-13-9-7-12(8-10-13)15-14(16)4-2/h4,7-10H,2-3,5-6,11H2,1H3,(H,15,16). The molecule has 0 atom stereocenters. The van der Waals surface area contributed by atoms with E-state index in [-0.39, 0.29) is 5.91 Å². The number of benzene rings is 1. The van der Waals surface area contributed by atoms with E-state index in [1.54, 1.807) is 0 Å². The molecule has 1 rings (SSSR count). The molecule has 0 saturated heterocycles. The number of hydrogen-bond donors (Lipinski definition) is 1. The van der Waals surface area contributed by atoms with Crippen LogP contribution in [0.15, 0.2) is 36.9 Å². The molecule has 0 saturated carbocycles. The molecule has 17 heavy (non-hydrogen) atoms. The highest BCUT2D eigenvalue weighted by Crippen LogP contribution is 2.16. The third kappa shape index (κ3) is 5.20. The Balaban J connectivity index is 2.39. The predicted molar refractivity (Wildman–Crippen MR) is 70.3 cm³/mol. The number of rotatable bonds is 7. The molecule has 0 unspecified atom stereocenters. The quantitative estimate of drug-likeness (QED) is 0.579. The van der Waals surface area contributed by atoms with Crippen LogP contribution in [0.3, 0.4) is 0 Å². The smallest absolute Gasteiger partial charge is 0.247 e. The molecule has 0 spiro atoms. The summed E-state index contributed by atoms with van der Waals surface area (Å²) in [6, 6.07) is 7.34. The molecule has 1 N–H and O–H groups in total. The van der Waals surface area contributed by atoms with Gasteiger partial charge in [0.25, 0.3) is 0 Å². The van der Waals surface area contributed by atoms with Crippen LogP contribution in [0.2, 0.25) is 0 Å². The van der Waals surface area contributed by atoms with Crippen LogP contribution in [0.5, 0.6) is 5.75 Å². The average Bonchev–Trinajstić information content (AvgIpc) is 2.36. The maximum Gasteiger partial charge on any atom is 0.247 e. The van der Waals surface area contributed by atoms with Crippen molar-refractivity contribution < 1.29 is 9.53 Å². The van der Waals surface area contributed by atoms with Crippen molar-refractivity contribution in [1.29, 1.82) is 0 Å².